The van der Waals surface area contributed by atoms with Crippen LogP contribution in [0, 0.1) is 0 Å². The van der Waals surface area contributed by atoms with Crippen LogP contribution in [0.15, 0.2) is 0 Å². The molecule has 0 aromatic carbocycles. The minimum atomic E-state index is -3.69. The molecule has 0 aromatic rings. The third-order valence-electron chi connectivity index (χ3n) is 0.394. The lowest BCUT2D eigenvalue weighted by atomic mass is 10.3. The lowest BCUT2D eigenvalue weighted by Crippen LogP contribution is -2.15. The fourth-order valence-corrected chi connectivity index (χ4v) is 0.166. The van der Waals surface area contributed by atoms with Gasteiger partial charge in [-0.05, 0) is 25.7 Å². The predicted molar refractivity (Wildman–Crippen MR) is 42.7 cm³/mol. The summed E-state index contributed by atoms with van der Waals surface area (Å²) >= 11 is 0. The molecule has 0 heterocycles. The maximum absolute atomic E-state index is 7.58. The van der Waals surface area contributed by atoms with Crippen LogP contribution in [0.4, 0.5) is 0 Å². The molecule has 9 heavy (non-hydrogen) atoms. The molecule has 0 spiro atoms. The minimum Gasteiger partial charge on any atom is -0.317 e. The van der Waals surface area contributed by atoms with Crippen LogP contribution in [0.25, 0.3) is 0 Å². The van der Waals surface area contributed by atoms with Crippen LogP contribution in [0.5, 0.6) is 0 Å². The zero-order valence-electron chi connectivity index (χ0n) is 20.7. The van der Waals surface area contributed by atoms with Gasteiger partial charge in [0.2, 0.25) is 0 Å². The molecule has 56 valence electrons. The van der Waals surface area contributed by atoms with Crippen LogP contribution >= 0.6 is 0 Å². The summed E-state index contributed by atoms with van der Waals surface area (Å²) < 4.78 is 118. The lowest BCUT2D eigenvalue weighted by Gasteiger charge is -1.99. The first-order chi connectivity index (χ1) is 10.6. The lowest BCUT2D eigenvalue weighted by molar-refractivity contribution is 0.611. The molecule has 0 aliphatic heterocycles. The summed E-state index contributed by atoms with van der Waals surface area (Å²) in [6.07, 6.45) is -14.2. The van der Waals surface area contributed by atoms with Crippen molar-refractivity contribution in [2.75, 3.05) is 13.0 Å². The molecule has 1 N–H and O–H groups in total. The van der Waals surface area contributed by atoms with E-state index in [1.807, 2.05) is 0 Å². The third-order valence-corrected chi connectivity index (χ3v) is 0.394. The monoisotopic (exact) mass is 145 g/mol. The Balaban J connectivity index is 5.96. The van der Waals surface area contributed by atoms with E-state index >= 15 is 0 Å². The van der Waals surface area contributed by atoms with Gasteiger partial charge in [0.1, 0.15) is 0 Å². The first-order valence-electron chi connectivity index (χ1n) is 10.4. The fraction of sp³-hybridized carbons (Fsp3) is 1.00. The van der Waals surface area contributed by atoms with Crippen LogP contribution in [0.1, 0.15) is 61.2 Å². The third kappa shape index (κ3) is 7.96. The van der Waals surface area contributed by atoms with Gasteiger partial charge in [0.05, 0.1) is 0 Å². The molecular formula is C8H19N. The first-order valence-corrected chi connectivity index (χ1v) is 2.08. The molecule has 1 nitrogen and oxygen atoms in total. The molecule has 0 aliphatic rings. The van der Waals surface area contributed by atoms with Gasteiger partial charge < -0.3 is 5.32 Å². The molecular weight excluding hydrogens is 110 g/mol. The van der Waals surface area contributed by atoms with E-state index in [-0.39, 0.29) is 0 Å². The minimum absolute atomic E-state index is 1.24. The Kier molecular flexibility index (Phi) is 0.875. The van der Waals surface area contributed by atoms with E-state index in [4.69, 9.17) is 21.9 Å². The second-order valence-corrected chi connectivity index (χ2v) is 0.914. The van der Waals surface area contributed by atoms with Crippen molar-refractivity contribution in [2.24, 2.45) is 0 Å². The van der Waals surface area contributed by atoms with E-state index in [1.54, 1.807) is 0 Å². The second-order valence-electron chi connectivity index (χ2n) is 0.914. The largest absolute Gasteiger partial charge is 0.317 e. The molecule has 0 radical (unpaired) electrons. The molecule has 0 fully saturated rings. The molecule has 0 bridgehead atoms. The summed E-state index contributed by atoms with van der Waals surface area (Å²) in [6, 6.07) is 0. The normalized spacial score (nSPS) is 46.4. The SMILES string of the molecule is [2H]C([2H])C([2H])([2H])C([2H])([2H])C([2H])([2H])NC([2H])([2H])C([2H])([2H])C([2H])([2H])C([2H])[2H]. The summed E-state index contributed by atoms with van der Waals surface area (Å²) in [6.45, 7) is -12.4. The number of nitrogens with one attached hydrogen (secondary N) is 1. The van der Waals surface area contributed by atoms with Gasteiger partial charge in [-0.15, -0.1) is 0 Å². The number of rotatable bonds is 6. The second kappa shape index (κ2) is 7.96. The van der Waals surface area contributed by atoms with E-state index in [2.05, 4.69) is 0 Å². The zero-order valence-corrected chi connectivity index (χ0v) is 4.65. The summed E-state index contributed by atoms with van der Waals surface area (Å²) in [5.74, 6) is 0. The Bertz CT molecular complexity index is 425. The summed E-state index contributed by atoms with van der Waals surface area (Å²) in [7, 11) is 0. The van der Waals surface area contributed by atoms with Gasteiger partial charge in [0.25, 0.3) is 0 Å². The van der Waals surface area contributed by atoms with Crippen molar-refractivity contribution in [1.29, 1.82) is 0 Å². The Morgan fingerprint density at radius 2 is 1.78 bits per heavy atom. The van der Waals surface area contributed by atoms with Crippen LogP contribution in [0.2, 0.25) is 0 Å². The maximum Gasteiger partial charge on any atom is 0.0428 e. The Labute approximate surface area is 81.3 Å². The van der Waals surface area contributed by atoms with E-state index in [9.17, 15) is 0 Å². The number of hydrogen-bond donors (Lipinski definition) is 1. The Morgan fingerprint density at radius 3 is 2.22 bits per heavy atom. The maximum atomic E-state index is 7.58. The highest BCUT2D eigenvalue weighted by Crippen LogP contribution is 1.85. The molecule has 0 unspecified atom stereocenters. The van der Waals surface area contributed by atoms with E-state index in [1.165, 1.54) is 5.32 Å². The topological polar surface area (TPSA) is 12.0 Å². The highest BCUT2D eigenvalue weighted by molar-refractivity contribution is 4.45. The fourth-order valence-electron chi connectivity index (χ4n) is 0.166. The van der Waals surface area contributed by atoms with Crippen molar-refractivity contribution in [3.8, 4) is 0 Å². The Hall–Kier alpha value is -0.0400. The van der Waals surface area contributed by atoms with Crippen molar-refractivity contribution < 1.29 is 21.9 Å². The van der Waals surface area contributed by atoms with E-state index in [0.29, 0.717) is 0 Å². The highest BCUT2D eigenvalue weighted by Gasteiger charge is 1.83. The van der Waals surface area contributed by atoms with Gasteiger partial charge >= 0.3 is 0 Å². The molecule has 0 rings (SSSR count). The molecule has 0 amide bonds. The molecule has 0 aromatic heterocycles. The predicted octanol–water partition coefficient (Wildman–Crippen LogP) is 2.18. The molecule has 0 saturated heterocycles. The zero-order chi connectivity index (χ0) is 20.9. The smallest absolute Gasteiger partial charge is 0.0428 e. The standard InChI is InChI=1S/C8H19N/c1-3-5-7-9-8-6-4-2/h9H,3-8H2,1-2H3/i1D2,2D2,3D2,4D2,5D2,6D2,7D2,8D2. The van der Waals surface area contributed by atoms with Gasteiger partial charge in [-0.25, -0.2) is 0 Å². The molecule has 0 atom stereocenters. The molecule has 1 heteroatoms. The highest BCUT2D eigenvalue weighted by atomic mass is 14.8. The van der Waals surface area contributed by atoms with Crippen molar-refractivity contribution in [1.82, 2.24) is 5.32 Å². The Morgan fingerprint density at radius 1 is 1.22 bits per heavy atom. The average molecular weight is 145 g/mol. The van der Waals surface area contributed by atoms with Gasteiger partial charge in [-0.2, -0.15) is 0 Å². The van der Waals surface area contributed by atoms with E-state index in [0.717, 1.165) is 0 Å². The average Bonchev–Trinajstić information content (AvgIpc) is 2.35. The summed E-state index contributed by atoms with van der Waals surface area (Å²) in [5.41, 5.74) is 0. The summed E-state index contributed by atoms with van der Waals surface area (Å²) in [5, 5.41) is 1.24. The number of hydrogen-bond acceptors (Lipinski definition) is 1. The van der Waals surface area contributed by atoms with Crippen LogP contribution in [-0.2, 0) is 0 Å². The van der Waals surface area contributed by atoms with Gasteiger partial charge in [0, 0.05) is 21.9 Å². The van der Waals surface area contributed by atoms with Gasteiger partial charge in [-0.3, -0.25) is 0 Å². The van der Waals surface area contributed by atoms with Crippen LogP contribution in [-0.4, -0.2) is 13.0 Å². The first kappa shape index (κ1) is 0.989. The van der Waals surface area contributed by atoms with Crippen molar-refractivity contribution in [3.05, 3.63) is 0 Å². The van der Waals surface area contributed by atoms with Crippen LogP contribution in [0.3, 0.4) is 0 Å². The van der Waals surface area contributed by atoms with Crippen molar-refractivity contribution in [3.63, 3.8) is 0 Å². The van der Waals surface area contributed by atoms with Gasteiger partial charge in [-0.1, -0.05) is 26.5 Å². The van der Waals surface area contributed by atoms with Gasteiger partial charge in [0.15, 0.2) is 0 Å². The summed E-state index contributed by atoms with van der Waals surface area (Å²) in [4.78, 5) is 0. The van der Waals surface area contributed by atoms with Crippen molar-refractivity contribution >= 4 is 0 Å². The quantitative estimate of drug-likeness (QED) is 0.604. The van der Waals surface area contributed by atoms with Crippen LogP contribution < -0.4 is 5.32 Å². The van der Waals surface area contributed by atoms with Crippen molar-refractivity contribution in [2.45, 2.75) is 39.2 Å². The molecule has 0 saturated carbocycles. The van der Waals surface area contributed by atoms with E-state index < -0.39 is 52.2 Å². The molecule has 0 aliphatic carbocycles.